The van der Waals surface area contributed by atoms with E-state index in [-0.39, 0.29) is 0 Å². The second kappa shape index (κ2) is 3.87. The average Bonchev–Trinajstić information content (AvgIpc) is 2.31. The first-order valence-corrected chi connectivity index (χ1v) is 4.81. The summed E-state index contributed by atoms with van der Waals surface area (Å²) in [5, 5.41) is 4.17. The number of ether oxygens (including phenoxy) is 1. The Bertz CT molecular complexity index is 425. The molecule has 1 heterocycles. The Balaban J connectivity index is 2.42. The van der Waals surface area contributed by atoms with Crippen LogP contribution in [0.15, 0.2) is 53.9 Å². The Kier molecular flexibility index (Phi) is 2.56. The van der Waals surface area contributed by atoms with Crippen molar-refractivity contribution in [3.63, 3.8) is 0 Å². The summed E-state index contributed by atoms with van der Waals surface area (Å²) in [6.45, 7) is 0. The van der Waals surface area contributed by atoms with Crippen molar-refractivity contribution in [3.05, 3.63) is 59.3 Å². The molecule has 0 spiro atoms. The van der Waals surface area contributed by atoms with Crippen LogP contribution in [0.5, 0.6) is 0 Å². The molecule has 0 bridgehead atoms. The molecule has 76 valence electrons. The fourth-order valence-electron chi connectivity index (χ4n) is 1.39. The van der Waals surface area contributed by atoms with Crippen molar-refractivity contribution in [3.8, 4) is 0 Å². The van der Waals surface area contributed by atoms with Gasteiger partial charge in [0, 0.05) is 10.6 Å². The predicted octanol–water partition coefficient (Wildman–Crippen LogP) is 3.62. The number of hydrogen-bond acceptors (Lipinski definition) is 3. The molecule has 0 aliphatic carbocycles. The van der Waals surface area contributed by atoms with Crippen LogP contribution in [-0.2, 0) is 10.5 Å². The molecule has 0 aromatic heterocycles. The lowest BCUT2D eigenvalue weighted by molar-refractivity contribution is 0.0611. The van der Waals surface area contributed by atoms with Crippen LogP contribution in [0.25, 0.3) is 0 Å². The van der Waals surface area contributed by atoms with Crippen LogP contribution in [0.4, 0.5) is 0 Å². The van der Waals surface area contributed by atoms with Gasteiger partial charge in [-0.3, -0.25) is 0 Å². The summed E-state index contributed by atoms with van der Waals surface area (Å²) >= 11 is 5.79. The monoisotopic (exact) mass is 220 g/mol. The Labute approximate surface area is 92.5 Å². The molecule has 1 aromatic rings. The fourth-order valence-corrected chi connectivity index (χ4v) is 1.52. The maximum Gasteiger partial charge on any atom is 0.262 e. The van der Waals surface area contributed by atoms with Gasteiger partial charge in [0.05, 0.1) is 6.26 Å². The molecule has 15 heavy (non-hydrogen) atoms. The van der Waals surface area contributed by atoms with Gasteiger partial charge in [0.2, 0.25) is 0 Å². The molecule has 0 saturated heterocycles. The van der Waals surface area contributed by atoms with Gasteiger partial charge in [0.1, 0.15) is 0 Å². The molecule has 1 atom stereocenters. The lowest BCUT2D eigenvalue weighted by Gasteiger charge is -2.26. The van der Waals surface area contributed by atoms with Crippen molar-refractivity contribution in [1.82, 2.24) is 0 Å². The quantitative estimate of drug-likeness (QED) is 0.760. The van der Waals surface area contributed by atoms with Crippen molar-refractivity contribution in [2.45, 2.75) is 5.72 Å². The van der Waals surface area contributed by atoms with Gasteiger partial charge in [-0.25, -0.2) is 5.53 Å². The highest BCUT2D eigenvalue weighted by Crippen LogP contribution is 2.32. The molecule has 0 radical (unpaired) electrons. The fraction of sp³-hybridized carbons (Fsp3) is 0.0909. The molecule has 1 N–H and O–H groups in total. The summed E-state index contributed by atoms with van der Waals surface area (Å²) in [6, 6.07) is 7.09. The highest BCUT2D eigenvalue weighted by Gasteiger charge is 2.30. The zero-order valence-electron chi connectivity index (χ0n) is 7.85. The van der Waals surface area contributed by atoms with Crippen LogP contribution >= 0.6 is 11.6 Å². The van der Waals surface area contributed by atoms with Crippen molar-refractivity contribution in [2.75, 3.05) is 0 Å². The number of allylic oxidation sites excluding steroid dienone is 2. The van der Waals surface area contributed by atoms with Crippen LogP contribution in [-0.4, -0.2) is 0 Å². The van der Waals surface area contributed by atoms with Crippen LogP contribution in [0, 0.1) is 5.53 Å². The lowest BCUT2D eigenvalue weighted by Crippen LogP contribution is -2.23. The predicted molar refractivity (Wildman–Crippen MR) is 57.6 cm³/mol. The van der Waals surface area contributed by atoms with Crippen molar-refractivity contribution in [2.24, 2.45) is 5.11 Å². The van der Waals surface area contributed by atoms with E-state index in [4.69, 9.17) is 21.9 Å². The second-order valence-electron chi connectivity index (χ2n) is 3.12. The molecule has 0 saturated carbocycles. The largest absolute Gasteiger partial charge is 0.464 e. The molecule has 0 amide bonds. The first-order valence-electron chi connectivity index (χ1n) is 4.44. The average molecular weight is 221 g/mol. The third kappa shape index (κ3) is 1.78. The van der Waals surface area contributed by atoms with E-state index in [0.717, 1.165) is 5.56 Å². The molecule has 1 aliphatic rings. The number of nitrogens with zero attached hydrogens (tertiary/aromatic N) is 1. The SMILES string of the molecule is N=NC1(c2ccc(Cl)cc2)C=CC=CO1. The van der Waals surface area contributed by atoms with Crippen molar-refractivity contribution < 1.29 is 4.74 Å². The molecule has 4 heteroatoms. The molecule has 1 aromatic carbocycles. The van der Waals surface area contributed by atoms with E-state index in [9.17, 15) is 0 Å². The van der Waals surface area contributed by atoms with Gasteiger partial charge in [-0.2, -0.15) is 0 Å². The molecular formula is C11H9ClN2O. The summed E-state index contributed by atoms with van der Waals surface area (Å²) in [7, 11) is 0. The maximum atomic E-state index is 7.22. The van der Waals surface area contributed by atoms with Crippen LogP contribution in [0.2, 0.25) is 5.02 Å². The molecule has 3 nitrogen and oxygen atoms in total. The third-order valence-electron chi connectivity index (χ3n) is 2.18. The topological polar surface area (TPSA) is 45.4 Å². The van der Waals surface area contributed by atoms with Gasteiger partial charge in [0.15, 0.2) is 0 Å². The Morgan fingerprint density at radius 3 is 2.47 bits per heavy atom. The first-order chi connectivity index (χ1) is 7.27. The second-order valence-corrected chi connectivity index (χ2v) is 3.56. The van der Waals surface area contributed by atoms with E-state index >= 15 is 0 Å². The van der Waals surface area contributed by atoms with E-state index in [2.05, 4.69) is 5.11 Å². The third-order valence-corrected chi connectivity index (χ3v) is 2.44. The Hall–Kier alpha value is -1.61. The number of rotatable bonds is 2. The Morgan fingerprint density at radius 1 is 1.20 bits per heavy atom. The summed E-state index contributed by atoms with van der Waals surface area (Å²) < 4.78 is 5.38. The number of hydrogen-bond donors (Lipinski definition) is 1. The summed E-state index contributed by atoms with van der Waals surface area (Å²) in [4.78, 5) is 0. The van der Waals surface area contributed by atoms with Gasteiger partial charge < -0.3 is 4.74 Å². The maximum absolute atomic E-state index is 7.22. The first kappa shape index (κ1) is 9.93. The van der Waals surface area contributed by atoms with E-state index in [1.807, 2.05) is 0 Å². The van der Waals surface area contributed by atoms with Crippen LogP contribution < -0.4 is 0 Å². The summed E-state index contributed by atoms with van der Waals surface area (Å²) in [5.74, 6) is 0. The minimum Gasteiger partial charge on any atom is -0.464 e. The number of benzene rings is 1. The molecular weight excluding hydrogens is 212 g/mol. The minimum atomic E-state index is -1.03. The minimum absolute atomic E-state index is 0.647. The van der Waals surface area contributed by atoms with Gasteiger partial charge >= 0.3 is 0 Å². The smallest absolute Gasteiger partial charge is 0.262 e. The van der Waals surface area contributed by atoms with E-state index in [1.54, 1.807) is 42.5 Å². The molecule has 1 aliphatic heterocycles. The van der Waals surface area contributed by atoms with Crippen LogP contribution in [0.3, 0.4) is 0 Å². The number of nitrogens with one attached hydrogen (secondary N) is 1. The van der Waals surface area contributed by atoms with E-state index in [0.29, 0.717) is 5.02 Å². The van der Waals surface area contributed by atoms with E-state index in [1.165, 1.54) is 6.26 Å². The van der Waals surface area contributed by atoms with Crippen molar-refractivity contribution in [1.29, 1.82) is 5.53 Å². The molecule has 2 rings (SSSR count). The van der Waals surface area contributed by atoms with Gasteiger partial charge in [-0.05, 0) is 24.3 Å². The Morgan fingerprint density at radius 2 is 1.93 bits per heavy atom. The van der Waals surface area contributed by atoms with Gasteiger partial charge in [-0.1, -0.05) is 29.8 Å². The zero-order valence-corrected chi connectivity index (χ0v) is 8.61. The van der Waals surface area contributed by atoms with Crippen LogP contribution in [0.1, 0.15) is 5.56 Å². The highest BCUT2D eigenvalue weighted by atomic mass is 35.5. The number of halogens is 1. The van der Waals surface area contributed by atoms with E-state index < -0.39 is 5.72 Å². The van der Waals surface area contributed by atoms with Crippen molar-refractivity contribution >= 4 is 11.6 Å². The highest BCUT2D eigenvalue weighted by molar-refractivity contribution is 6.30. The summed E-state index contributed by atoms with van der Waals surface area (Å²) in [6.07, 6.45) is 6.80. The normalized spacial score (nSPS) is 23.5. The molecule has 0 fully saturated rings. The molecule has 1 unspecified atom stereocenters. The zero-order chi connectivity index (χ0) is 10.7. The lowest BCUT2D eigenvalue weighted by atomic mass is 10.0. The standard InChI is InChI=1S/C11H9ClN2O/c12-10-5-3-9(4-6-10)11(14-13)7-1-2-8-15-11/h1-8,13H. The van der Waals surface area contributed by atoms with Gasteiger partial charge in [0.25, 0.3) is 5.72 Å². The summed E-state index contributed by atoms with van der Waals surface area (Å²) in [5.41, 5.74) is 6.97. The van der Waals surface area contributed by atoms with Gasteiger partial charge in [-0.15, -0.1) is 5.11 Å².